The Morgan fingerprint density at radius 3 is 1.97 bits per heavy atom. The summed E-state index contributed by atoms with van der Waals surface area (Å²) < 4.78 is 1.51. The standard InChI is InChI=1S/C29H48N6O2S/c1-4-5-6-7-8-9-10-11-12-13-14-15-16-17-18-19-23-34(3)29(37)38-28-31-32-33-35(28)27-22-20-21-26(24-27)30-25(2)36/h20-22,24H,4-19,23H2,1-3H3,(H,30,36). The van der Waals surface area contributed by atoms with Gasteiger partial charge in [-0.05, 0) is 35.0 Å². The summed E-state index contributed by atoms with van der Waals surface area (Å²) in [6, 6.07) is 7.20. The Morgan fingerprint density at radius 1 is 0.868 bits per heavy atom. The van der Waals surface area contributed by atoms with Gasteiger partial charge in [-0.15, -0.1) is 5.10 Å². The zero-order chi connectivity index (χ0) is 27.4. The van der Waals surface area contributed by atoms with Crippen LogP contribution >= 0.6 is 11.8 Å². The van der Waals surface area contributed by atoms with E-state index in [1.807, 2.05) is 19.2 Å². The lowest BCUT2D eigenvalue weighted by atomic mass is 10.0. The van der Waals surface area contributed by atoms with Crippen molar-refractivity contribution in [3.63, 3.8) is 0 Å². The molecule has 0 aliphatic carbocycles. The van der Waals surface area contributed by atoms with E-state index in [0.717, 1.165) is 31.1 Å². The monoisotopic (exact) mass is 544 g/mol. The molecule has 2 aromatic rings. The average molecular weight is 545 g/mol. The van der Waals surface area contributed by atoms with Gasteiger partial charge >= 0.3 is 0 Å². The Labute approximate surface area is 233 Å². The van der Waals surface area contributed by atoms with Gasteiger partial charge < -0.3 is 10.2 Å². The van der Waals surface area contributed by atoms with Gasteiger partial charge in [0.15, 0.2) is 0 Å². The Bertz CT molecular complexity index is 935. The van der Waals surface area contributed by atoms with Crippen molar-refractivity contribution in [2.75, 3.05) is 18.9 Å². The molecule has 0 aliphatic heterocycles. The van der Waals surface area contributed by atoms with E-state index in [1.165, 1.54) is 101 Å². The molecule has 1 heterocycles. The number of carbonyl (C=O) groups excluding carboxylic acids is 2. The topological polar surface area (TPSA) is 93.0 Å². The Balaban J connectivity index is 1.53. The first-order valence-electron chi connectivity index (χ1n) is 14.6. The molecule has 0 unspecified atom stereocenters. The number of rotatable bonds is 20. The zero-order valence-corrected chi connectivity index (χ0v) is 24.6. The van der Waals surface area contributed by atoms with Crippen LogP contribution in [0, 0.1) is 0 Å². The molecule has 0 bridgehead atoms. The van der Waals surface area contributed by atoms with Crippen LogP contribution in [-0.2, 0) is 4.79 Å². The van der Waals surface area contributed by atoms with Gasteiger partial charge in [0.2, 0.25) is 11.1 Å². The van der Waals surface area contributed by atoms with Gasteiger partial charge in [0.05, 0.1) is 5.69 Å². The van der Waals surface area contributed by atoms with E-state index in [9.17, 15) is 9.59 Å². The maximum atomic E-state index is 12.7. The molecule has 0 radical (unpaired) electrons. The van der Waals surface area contributed by atoms with E-state index in [-0.39, 0.29) is 11.1 Å². The smallest absolute Gasteiger partial charge is 0.289 e. The highest BCUT2D eigenvalue weighted by atomic mass is 32.2. The molecule has 1 aromatic carbocycles. The molecule has 0 atom stereocenters. The van der Waals surface area contributed by atoms with Crippen molar-refractivity contribution in [3.05, 3.63) is 24.3 Å². The van der Waals surface area contributed by atoms with Gasteiger partial charge in [-0.1, -0.05) is 109 Å². The second-order valence-electron chi connectivity index (χ2n) is 10.2. The van der Waals surface area contributed by atoms with Crippen LogP contribution in [0.2, 0.25) is 0 Å². The number of carbonyl (C=O) groups is 2. The summed E-state index contributed by atoms with van der Waals surface area (Å²) >= 11 is 1.01. The van der Waals surface area contributed by atoms with Crippen molar-refractivity contribution in [1.29, 1.82) is 0 Å². The van der Waals surface area contributed by atoms with Crippen molar-refractivity contribution in [1.82, 2.24) is 25.1 Å². The zero-order valence-electron chi connectivity index (χ0n) is 23.8. The molecule has 1 N–H and O–H groups in total. The maximum absolute atomic E-state index is 12.7. The van der Waals surface area contributed by atoms with Crippen molar-refractivity contribution in [3.8, 4) is 5.69 Å². The summed E-state index contributed by atoms with van der Waals surface area (Å²) in [5.74, 6) is -0.153. The van der Waals surface area contributed by atoms with Crippen LogP contribution < -0.4 is 5.32 Å². The lowest BCUT2D eigenvalue weighted by Crippen LogP contribution is -2.24. The molecule has 212 valence electrons. The minimum atomic E-state index is -0.153. The van der Waals surface area contributed by atoms with Crippen LogP contribution in [0.15, 0.2) is 29.4 Å². The summed E-state index contributed by atoms with van der Waals surface area (Å²) in [5.41, 5.74) is 1.32. The Hall–Kier alpha value is -2.42. The first-order valence-corrected chi connectivity index (χ1v) is 15.4. The molecule has 9 heteroatoms. The maximum Gasteiger partial charge on any atom is 0.289 e. The Kier molecular flexibility index (Phi) is 16.4. The second-order valence-corrected chi connectivity index (χ2v) is 11.1. The predicted molar refractivity (Wildman–Crippen MR) is 157 cm³/mol. The molecular weight excluding hydrogens is 496 g/mol. The fourth-order valence-corrected chi connectivity index (χ4v) is 5.18. The third-order valence-corrected chi connectivity index (χ3v) is 7.61. The summed E-state index contributed by atoms with van der Waals surface area (Å²) in [5, 5.41) is 14.8. The molecule has 8 nitrogen and oxygen atoms in total. The van der Waals surface area contributed by atoms with Crippen LogP contribution in [0.3, 0.4) is 0 Å². The van der Waals surface area contributed by atoms with Gasteiger partial charge in [0.1, 0.15) is 0 Å². The minimum absolute atomic E-state index is 0.0833. The number of aromatic nitrogens is 4. The highest BCUT2D eigenvalue weighted by molar-refractivity contribution is 8.13. The van der Waals surface area contributed by atoms with E-state index in [1.54, 1.807) is 17.0 Å². The molecule has 38 heavy (non-hydrogen) atoms. The van der Waals surface area contributed by atoms with Crippen LogP contribution in [0.4, 0.5) is 10.5 Å². The first kappa shape index (κ1) is 31.8. The Morgan fingerprint density at radius 2 is 1.42 bits per heavy atom. The molecule has 0 fully saturated rings. The minimum Gasteiger partial charge on any atom is -0.336 e. The third kappa shape index (κ3) is 13.4. The first-order chi connectivity index (χ1) is 18.5. The van der Waals surface area contributed by atoms with Crippen LogP contribution in [0.5, 0.6) is 0 Å². The molecule has 0 aliphatic rings. The van der Waals surface area contributed by atoms with Gasteiger partial charge in [-0.25, -0.2) is 0 Å². The average Bonchev–Trinajstić information content (AvgIpc) is 3.36. The number of nitrogens with zero attached hydrogens (tertiary/aromatic N) is 5. The molecule has 0 spiro atoms. The van der Waals surface area contributed by atoms with Gasteiger partial charge in [-0.2, -0.15) is 4.68 Å². The number of anilines is 1. The molecule has 0 saturated carbocycles. The van der Waals surface area contributed by atoms with E-state index in [2.05, 4.69) is 27.8 Å². The number of nitrogens with one attached hydrogen (secondary N) is 1. The summed E-state index contributed by atoms with van der Waals surface area (Å²) in [4.78, 5) is 25.8. The normalized spacial score (nSPS) is 11.0. The second kappa shape index (κ2) is 19.6. The lowest BCUT2D eigenvalue weighted by molar-refractivity contribution is -0.114. The van der Waals surface area contributed by atoms with Crippen LogP contribution in [0.1, 0.15) is 117 Å². The quantitative estimate of drug-likeness (QED) is 0.134. The molecule has 0 saturated heterocycles. The predicted octanol–water partition coefficient (Wildman–Crippen LogP) is 8.03. The largest absolute Gasteiger partial charge is 0.336 e. The number of hydrogen-bond donors (Lipinski definition) is 1. The van der Waals surface area contributed by atoms with E-state index in [4.69, 9.17) is 0 Å². The lowest BCUT2D eigenvalue weighted by Gasteiger charge is -2.16. The van der Waals surface area contributed by atoms with Crippen molar-refractivity contribution in [2.45, 2.75) is 122 Å². The summed E-state index contributed by atoms with van der Waals surface area (Å²) in [6.45, 7) is 4.46. The molecule has 2 rings (SSSR count). The number of unbranched alkanes of at least 4 members (excludes halogenated alkanes) is 15. The number of tetrazole rings is 1. The highest BCUT2D eigenvalue weighted by Gasteiger charge is 2.17. The van der Waals surface area contributed by atoms with Crippen LogP contribution in [-0.4, -0.2) is 49.8 Å². The van der Waals surface area contributed by atoms with Crippen molar-refractivity contribution < 1.29 is 9.59 Å². The fourth-order valence-electron chi connectivity index (χ4n) is 4.47. The number of thioether (sulfide) groups is 1. The van der Waals surface area contributed by atoms with Crippen molar-refractivity contribution in [2.24, 2.45) is 0 Å². The van der Waals surface area contributed by atoms with Gasteiger partial charge in [0, 0.05) is 38.0 Å². The highest BCUT2D eigenvalue weighted by Crippen LogP contribution is 2.23. The third-order valence-electron chi connectivity index (χ3n) is 6.69. The molecular formula is C29H48N6O2S. The van der Waals surface area contributed by atoms with Crippen LogP contribution in [0.25, 0.3) is 5.69 Å². The molecule has 1 aromatic heterocycles. The van der Waals surface area contributed by atoms with Gasteiger partial charge in [0.25, 0.3) is 5.24 Å². The van der Waals surface area contributed by atoms with Crippen molar-refractivity contribution >= 4 is 28.6 Å². The number of amides is 2. The SMILES string of the molecule is CCCCCCCCCCCCCCCCCCN(C)C(=O)Sc1nnnn1-c1cccc(NC(C)=O)c1. The summed E-state index contributed by atoms with van der Waals surface area (Å²) in [6.07, 6.45) is 21.4. The van der Waals surface area contributed by atoms with E-state index >= 15 is 0 Å². The fraction of sp³-hybridized carbons (Fsp3) is 0.690. The number of benzene rings is 1. The van der Waals surface area contributed by atoms with E-state index < -0.39 is 0 Å². The summed E-state index contributed by atoms with van der Waals surface area (Å²) in [7, 11) is 1.83. The van der Waals surface area contributed by atoms with Gasteiger partial charge in [-0.3, -0.25) is 9.59 Å². The van der Waals surface area contributed by atoms with E-state index in [0.29, 0.717) is 16.5 Å². The molecule has 2 amide bonds. The number of hydrogen-bond acceptors (Lipinski definition) is 6.